The minimum atomic E-state index is 0.667. The number of fused-ring (bicyclic) bond motifs is 2. The Hall–Kier alpha value is -1.31. The van der Waals surface area contributed by atoms with Gasteiger partial charge < -0.3 is 0 Å². The molecule has 0 fully saturated rings. The molecule has 0 unspecified atom stereocenters. The van der Waals surface area contributed by atoms with Crippen molar-refractivity contribution in [3.63, 3.8) is 0 Å². The van der Waals surface area contributed by atoms with Crippen LogP contribution < -0.4 is 0 Å². The molecule has 3 nitrogen and oxygen atoms in total. The fourth-order valence-electron chi connectivity index (χ4n) is 2.62. The Morgan fingerprint density at radius 2 is 1.91 bits per heavy atom. The van der Waals surface area contributed by atoms with Crippen molar-refractivity contribution in [3.05, 3.63) is 60.0 Å². The molecule has 0 radical (unpaired) electrons. The second-order valence-corrected chi connectivity index (χ2v) is 6.97. The van der Waals surface area contributed by atoms with Crippen molar-refractivity contribution in [3.8, 4) is 11.1 Å². The molecule has 4 rings (SSSR count). The van der Waals surface area contributed by atoms with Crippen molar-refractivity contribution >= 4 is 63.9 Å². The van der Waals surface area contributed by atoms with Gasteiger partial charge in [0.1, 0.15) is 0 Å². The zero-order valence-corrected chi connectivity index (χ0v) is 14.9. The number of benzene rings is 1. The first-order chi connectivity index (χ1) is 10.8. The zero-order valence-electron chi connectivity index (χ0n) is 11.2. The number of rotatable bonds is 2. The van der Waals surface area contributed by atoms with Gasteiger partial charge in [0, 0.05) is 65.3 Å². The van der Waals surface area contributed by atoms with E-state index < -0.39 is 0 Å². The molecule has 0 atom stereocenters. The van der Waals surface area contributed by atoms with E-state index in [1.165, 1.54) is 0 Å². The average molecular weight is 438 g/mol. The van der Waals surface area contributed by atoms with Crippen LogP contribution in [0.15, 0.2) is 55.0 Å². The lowest BCUT2D eigenvalue weighted by atomic mass is 10.0. The summed E-state index contributed by atoms with van der Waals surface area (Å²) < 4.78 is 2.06. The predicted molar refractivity (Wildman–Crippen MR) is 102 cm³/mol. The highest BCUT2D eigenvalue weighted by Crippen LogP contribution is 2.36. The number of hydrogen-bond acceptors (Lipinski definition) is 3. The van der Waals surface area contributed by atoms with Crippen LogP contribution in [0.4, 0.5) is 0 Å². The largest absolute Gasteiger partial charge is 0.265 e. The summed E-state index contributed by atoms with van der Waals surface area (Å²) in [5.41, 5.74) is 3.99. The first-order valence-electron chi connectivity index (χ1n) is 6.58. The molecule has 0 aliphatic rings. The lowest BCUT2D eigenvalue weighted by Gasteiger charge is -2.04. The van der Waals surface area contributed by atoms with Crippen LogP contribution in [0.2, 0.25) is 5.02 Å². The summed E-state index contributed by atoms with van der Waals surface area (Å²) in [4.78, 5) is 8.82. The molecule has 0 bridgehead atoms. The van der Waals surface area contributed by atoms with Gasteiger partial charge in [0.25, 0.3) is 0 Å². The van der Waals surface area contributed by atoms with Gasteiger partial charge in [0.2, 0.25) is 0 Å². The van der Waals surface area contributed by atoms with Gasteiger partial charge in [0.05, 0.1) is 10.5 Å². The molecule has 22 heavy (non-hydrogen) atoms. The van der Waals surface area contributed by atoms with E-state index in [0.717, 1.165) is 33.1 Å². The summed E-state index contributed by atoms with van der Waals surface area (Å²) in [6.45, 7) is 0. The summed E-state index contributed by atoms with van der Waals surface area (Å²) in [5, 5.41) is 2.82. The number of halogens is 2. The molecule has 0 saturated heterocycles. The quantitative estimate of drug-likeness (QED) is 0.374. The van der Waals surface area contributed by atoms with E-state index >= 15 is 0 Å². The number of hydrogen-bond donors (Lipinski definition) is 0. The molecule has 0 amide bonds. The first-order valence-corrected chi connectivity index (χ1v) is 10.3. The second kappa shape index (κ2) is 5.72. The molecule has 0 aliphatic heterocycles. The smallest absolute Gasteiger partial charge is 0.151 e. The average Bonchev–Trinajstić information content (AvgIpc) is 2.94. The third-order valence-corrected chi connectivity index (χ3v) is 5.56. The predicted octanol–water partition coefficient (Wildman–Crippen LogP) is 5.75. The Balaban J connectivity index is 2.03. The van der Waals surface area contributed by atoms with Gasteiger partial charge >= 0.3 is 0 Å². The van der Waals surface area contributed by atoms with Crippen LogP contribution in [-0.4, -0.2) is 13.9 Å². The summed E-state index contributed by atoms with van der Waals surface area (Å²) in [6.07, 6.45) is 5.67. The molecular formula is C16H9ClIN3S. The molecule has 3 aromatic heterocycles. The van der Waals surface area contributed by atoms with Gasteiger partial charge in [-0.15, -0.1) is 0 Å². The summed E-state index contributed by atoms with van der Waals surface area (Å²) in [6, 6.07) is 12.1. The fraction of sp³-hybridized carbons (Fsp3) is 0. The van der Waals surface area contributed by atoms with Crippen molar-refractivity contribution in [1.29, 1.82) is 0 Å². The van der Waals surface area contributed by atoms with Crippen molar-refractivity contribution < 1.29 is 0 Å². The van der Waals surface area contributed by atoms with Gasteiger partial charge in [-0.1, -0.05) is 17.7 Å². The van der Waals surface area contributed by atoms with E-state index in [9.17, 15) is 0 Å². The van der Waals surface area contributed by atoms with Gasteiger partial charge in [-0.05, 0) is 35.9 Å². The van der Waals surface area contributed by atoms with E-state index in [0.29, 0.717) is 5.02 Å². The van der Waals surface area contributed by atoms with Crippen molar-refractivity contribution in [2.75, 3.05) is 0 Å². The maximum absolute atomic E-state index is 6.41. The van der Waals surface area contributed by atoms with Gasteiger partial charge in [-0.2, -0.15) is 0 Å². The maximum atomic E-state index is 6.41. The standard InChI is InChI=1S/C16H9ClIN3S/c17-14-8-11(7-10-3-1-5-19-15(10)14)13-9-21(22-18)16-12(13)4-2-6-20-16/h1-9H. The normalized spacial score (nSPS) is 11.4. The lowest BCUT2D eigenvalue weighted by Crippen LogP contribution is -1.82. The molecule has 108 valence electrons. The van der Waals surface area contributed by atoms with Gasteiger partial charge in [-0.25, -0.2) is 4.98 Å². The fourth-order valence-corrected chi connectivity index (χ4v) is 4.15. The SMILES string of the molecule is Clc1cc(-c2cn(SI)c3ncccc23)cc2cccnc12. The van der Waals surface area contributed by atoms with E-state index in [-0.39, 0.29) is 0 Å². The van der Waals surface area contributed by atoms with Crippen LogP contribution in [0.25, 0.3) is 33.1 Å². The van der Waals surface area contributed by atoms with Crippen molar-refractivity contribution in [1.82, 2.24) is 13.9 Å². The van der Waals surface area contributed by atoms with Crippen LogP contribution in [0.3, 0.4) is 0 Å². The number of pyridine rings is 2. The van der Waals surface area contributed by atoms with Crippen LogP contribution in [0.1, 0.15) is 0 Å². The minimum absolute atomic E-state index is 0.667. The van der Waals surface area contributed by atoms with Crippen LogP contribution in [0, 0.1) is 0 Å². The lowest BCUT2D eigenvalue weighted by molar-refractivity contribution is 1.27. The summed E-state index contributed by atoms with van der Waals surface area (Å²) in [5.74, 6) is 0. The third kappa shape index (κ3) is 2.28. The molecular weight excluding hydrogens is 429 g/mol. The van der Waals surface area contributed by atoms with Crippen molar-refractivity contribution in [2.45, 2.75) is 0 Å². The molecule has 0 N–H and O–H groups in total. The monoisotopic (exact) mass is 437 g/mol. The van der Waals surface area contributed by atoms with Gasteiger partial charge in [0.15, 0.2) is 5.65 Å². The van der Waals surface area contributed by atoms with Crippen LogP contribution in [-0.2, 0) is 0 Å². The number of nitrogens with zero attached hydrogens (tertiary/aromatic N) is 3. The summed E-state index contributed by atoms with van der Waals surface area (Å²) >= 11 is 8.67. The summed E-state index contributed by atoms with van der Waals surface area (Å²) in [7, 11) is 1.60. The Morgan fingerprint density at radius 1 is 1.09 bits per heavy atom. The highest BCUT2D eigenvalue weighted by atomic mass is 127. The zero-order chi connectivity index (χ0) is 15.1. The highest BCUT2D eigenvalue weighted by molar-refractivity contribution is 14.2. The van der Waals surface area contributed by atoms with E-state index in [1.807, 2.05) is 30.5 Å². The minimum Gasteiger partial charge on any atom is -0.265 e. The van der Waals surface area contributed by atoms with Crippen LogP contribution in [0.5, 0.6) is 0 Å². The maximum Gasteiger partial charge on any atom is 0.151 e. The second-order valence-electron chi connectivity index (χ2n) is 4.85. The highest BCUT2D eigenvalue weighted by Gasteiger charge is 2.13. The Kier molecular flexibility index (Phi) is 3.71. The van der Waals surface area contributed by atoms with E-state index in [2.05, 4.69) is 53.5 Å². The molecule has 0 saturated carbocycles. The van der Waals surface area contributed by atoms with Crippen molar-refractivity contribution in [2.24, 2.45) is 0 Å². The van der Waals surface area contributed by atoms with Gasteiger partial charge in [-0.3, -0.25) is 8.96 Å². The number of aromatic nitrogens is 3. The van der Waals surface area contributed by atoms with Crippen LogP contribution >= 0.6 is 41.9 Å². The third-order valence-electron chi connectivity index (χ3n) is 3.58. The molecule has 0 spiro atoms. The topological polar surface area (TPSA) is 30.7 Å². The molecule has 4 aromatic rings. The molecule has 6 heteroatoms. The van der Waals surface area contributed by atoms with E-state index in [1.54, 1.807) is 15.3 Å². The Labute approximate surface area is 148 Å². The first kappa shape index (κ1) is 14.3. The Morgan fingerprint density at radius 3 is 2.77 bits per heavy atom. The Bertz CT molecular complexity index is 999. The van der Waals surface area contributed by atoms with E-state index in [4.69, 9.17) is 11.6 Å². The molecule has 1 aromatic carbocycles. The molecule has 3 heterocycles. The molecule has 0 aliphatic carbocycles.